The van der Waals surface area contributed by atoms with Crippen molar-refractivity contribution in [1.82, 2.24) is 4.98 Å². The summed E-state index contributed by atoms with van der Waals surface area (Å²) in [5.74, 6) is -1.51. The first kappa shape index (κ1) is 28.9. The van der Waals surface area contributed by atoms with Crippen molar-refractivity contribution in [2.45, 2.75) is 64.1 Å². The van der Waals surface area contributed by atoms with E-state index in [2.05, 4.69) is 5.32 Å². The lowest BCUT2D eigenvalue weighted by molar-refractivity contribution is -0.139. The number of carboxylic acids is 1. The summed E-state index contributed by atoms with van der Waals surface area (Å²) < 4.78 is 13.9. The van der Waals surface area contributed by atoms with Gasteiger partial charge in [0, 0.05) is 23.2 Å². The SMILES string of the molecule is CC(C)c1nc2c(c(-c3ccc(F)cc3)c1/C=C/[C@@H](O)C[C@@H](O)CC(=O)O)CCCc1cc(NC(N)=O)ccc1-2. The molecule has 8 nitrogen and oxygen atoms in total. The second-order valence-corrected chi connectivity index (χ2v) is 10.4. The zero-order chi connectivity index (χ0) is 29.0. The smallest absolute Gasteiger partial charge is 0.316 e. The van der Waals surface area contributed by atoms with E-state index in [-0.39, 0.29) is 18.2 Å². The van der Waals surface area contributed by atoms with Crippen LogP contribution in [-0.4, -0.2) is 44.5 Å². The van der Waals surface area contributed by atoms with Gasteiger partial charge in [-0.25, -0.2) is 9.18 Å². The van der Waals surface area contributed by atoms with Crippen LogP contribution in [0.15, 0.2) is 48.5 Å². The molecule has 40 heavy (non-hydrogen) atoms. The molecule has 1 heterocycles. The van der Waals surface area contributed by atoms with Crippen LogP contribution in [0.4, 0.5) is 14.9 Å². The number of nitrogens with two attached hydrogens (primary N) is 1. The normalized spacial score (nSPS) is 14.3. The second kappa shape index (κ2) is 12.4. The Kier molecular flexibility index (Phi) is 8.96. The van der Waals surface area contributed by atoms with E-state index in [4.69, 9.17) is 15.8 Å². The Morgan fingerprint density at radius 3 is 2.50 bits per heavy atom. The van der Waals surface area contributed by atoms with Crippen LogP contribution in [-0.2, 0) is 17.6 Å². The molecule has 3 aromatic rings. The third kappa shape index (κ3) is 6.73. The highest BCUT2D eigenvalue weighted by molar-refractivity contribution is 5.90. The summed E-state index contributed by atoms with van der Waals surface area (Å²) in [6.07, 6.45) is 2.72. The number of nitrogens with one attached hydrogen (secondary N) is 1. The molecule has 2 aromatic carbocycles. The van der Waals surface area contributed by atoms with Crippen LogP contribution in [0.5, 0.6) is 0 Å². The van der Waals surface area contributed by atoms with Crippen molar-refractivity contribution in [2.75, 3.05) is 5.32 Å². The fourth-order valence-corrected chi connectivity index (χ4v) is 5.24. The molecule has 0 saturated carbocycles. The number of halogens is 1. The molecule has 0 bridgehead atoms. The molecule has 2 atom stereocenters. The number of rotatable bonds is 9. The fourth-order valence-electron chi connectivity index (χ4n) is 5.24. The van der Waals surface area contributed by atoms with Crippen molar-refractivity contribution >= 4 is 23.8 Å². The molecule has 1 aliphatic rings. The lowest BCUT2D eigenvalue weighted by Crippen LogP contribution is -2.19. The number of carbonyl (C=O) groups is 2. The van der Waals surface area contributed by atoms with Gasteiger partial charge in [0.1, 0.15) is 5.82 Å². The number of carboxylic acid groups (broad SMARTS) is 1. The summed E-state index contributed by atoms with van der Waals surface area (Å²) in [6.45, 7) is 4.04. The predicted molar refractivity (Wildman–Crippen MR) is 152 cm³/mol. The largest absolute Gasteiger partial charge is 0.481 e. The van der Waals surface area contributed by atoms with E-state index >= 15 is 0 Å². The quantitative estimate of drug-likeness (QED) is 0.247. The average molecular weight is 548 g/mol. The van der Waals surface area contributed by atoms with Gasteiger partial charge in [-0.1, -0.05) is 44.2 Å². The molecule has 0 fully saturated rings. The molecule has 0 aliphatic heterocycles. The number of primary amides is 1. The molecule has 0 saturated heterocycles. The van der Waals surface area contributed by atoms with E-state index in [1.807, 2.05) is 26.0 Å². The highest BCUT2D eigenvalue weighted by atomic mass is 19.1. The zero-order valence-electron chi connectivity index (χ0n) is 22.5. The first-order valence-electron chi connectivity index (χ1n) is 13.3. The summed E-state index contributed by atoms with van der Waals surface area (Å²) in [5, 5.41) is 32.1. The molecule has 0 spiro atoms. The van der Waals surface area contributed by atoms with Crippen molar-refractivity contribution in [3.8, 4) is 22.4 Å². The second-order valence-electron chi connectivity index (χ2n) is 10.4. The summed E-state index contributed by atoms with van der Waals surface area (Å²) >= 11 is 0. The number of aliphatic carboxylic acids is 1. The fraction of sp³-hybridized carbons (Fsp3) is 0.323. The Hall–Kier alpha value is -4.08. The summed E-state index contributed by atoms with van der Waals surface area (Å²) in [5.41, 5.74) is 13.0. The van der Waals surface area contributed by atoms with Crippen LogP contribution >= 0.6 is 0 Å². The Bertz CT molecular complexity index is 1440. The predicted octanol–water partition coefficient (Wildman–Crippen LogP) is 5.26. The van der Waals surface area contributed by atoms with E-state index in [0.717, 1.165) is 57.6 Å². The molecule has 0 unspecified atom stereocenters. The van der Waals surface area contributed by atoms with Gasteiger partial charge in [-0.2, -0.15) is 0 Å². The van der Waals surface area contributed by atoms with E-state index < -0.39 is 30.6 Å². The number of nitrogens with zero attached hydrogens (tertiary/aromatic N) is 1. The number of carbonyl (C=O) groups excluding carboxylic acids is 1. The Balaban J connectivity index is 1.90. The van der Waals surface area contributed by atoms with Crippen LogP contribution in [0.25, 0.3) is 28.5 Å². The van der Waals surface area contributed by atoms with Crippen molar-refractivity contribution in [3.05, 3.63) is 76.7 Å². The van der Waals surface area contributed by atoms with Gasteiger partial charge in [-0.3, -0.25) is 9.78 Å². The van der Waals surface area contributed by atoms with Gasteiger partial charge in [0.05, 0.1) is 30.0 Å². The number of fused-ring (bicyclic) bond motifs is 3. The minimum atomic E-state index is -1.19. The summed E-state index contributed by atoms with van der Waals surface area (Å²) in [6, 6.07) is 11.3. The van der Waals surface area contributed by atoms with Crippen LogP contribution in [0.2, 0.25) is 0 Å². The van der Waals surface area contributed by atoms with Gasteiger partial charge < -0.3 is 26.4 Å². The number of urea groups is 1. The van der Waals surface area contributed by atoms with Crippen molar-refractivity contribution in [2.24, 2.45) is 5.73 Å². The van der Waals surface area contributed by atoms with Gasteiger partial charge in [0.2, 0.25) is 0 Å². The molecule has 1 aliphatic carbocycles. The number of aromatic nitrogens is 1. The highest BCUT2D eigenvalue weighted by Gasteiger charge is 2.25. The van der Waals surface area contributed by atoms with Gasteiger partial charge in [0.25, 0.3) is 0 Å². The van der Waals surface area contributed by atoms with Crippen LogP contribution in [0.3, 0.4) is 0 Å². The molecular formula is C31H34FN3O5. The minimum absolute atomic E-state index is 0.0126. The number of aliphatic hydroxyl groups excluding tert-OH is 2. The third-order valence-electron chi connectivity index (χ3n) is 6.95. The van der Waals surface area contributed by atoms with Crippen LogP contribution in [0, 0.1) is 5.82 Å². The number of hydrogen-bond donors (Lipinski definition) is 5. The molecule has 9 heteroatoms. The summed E-state index contributed by atoms with van der Waals surface area (Å²) in [7, 11) is 0. The maximum atomic E-state index is 13.9. The standard InChI is InChI=1S/C31H34FN3O5/c1-17(2)29-26(13-11-22(36)15-23(37)16-27(38)39)28(18-6-8-20(32)9-7-18)25-5-3-4-19-14-21(34-31(33)40)10-12-24(19)30(25)35-29/h6-14,17,22-23,36-37H,3-5,15-16H2,1-2H3,(H,38,39)(H3,33,34,40)/b13-11+/t22-,23-/m1/s1. The van der Waals surface area contributed by atoms with Gasteiger partial charge in [-0.15, -0.1) is 0 Å². The number of pyridine rings is 1. The number of aryl methyl sites for hydroxylation is 1. The Labute approximate surface area is 232 Å². The Morgan fingerprint density at radius 2 is 1.85 bits per heavy atom. The monoisotopic (exact) mass is 547 g/mol. The summed E-state index contributed by atoms with van der Waals surface area (Å²) in [4.78, 5) is 27.5. The van der Waals surface area contributed by atoms with Gasteiger partial charge in [0.15, 0.2) is 0 Å². The number of amides is 2. The van der Waals surface area contributed by atoms with Gasteiger partial charge >= 0.3 is 12.0 Å². The molecule has 2 amide bonds. The molecule has 210 valence electrons. The lowest BCUT2D eigenvalue weighted by atomic mass is 9.86. The third-order valence-corrected chi connectivity index (χ3v) is 6.95. The number of aliphatic hydroxyl groups is 2. The number of anilines is 1. The van der Waals surface area contributed by atoms with E-state index in [1.54, 1.807) is 30.4 Å². The maximum absolute atomic E-state index is 13.9. The molecule has 0 radical (unpaired) electrons. The Morgan fingerprint density at radius 1 is 1.12 bits per heavy atom. The van der Waals surface area contributed by atoms with Crippen LogP contribution in [0.1, 0.15) is 61.4 Å². The molecular weight excluding hydrogens is 513 g/mol. The molecule has 1 aromatic heterocycles. The van der Waals surface area contributed by atoms with E-state index in [1.165, 1.54) is 12.1 Å². The first-order chi connectivity index (χ1) is 19.0. The minimum Gasteiger partial charge on any atom is -0.481 e. The lowest BCUT2D eigenvalue weighted by Gasteiger charge is -2.22. The van der Waals surface area contributed by atoms with E-state index in [0.29, 0.717) is 12.1 Å². The number of benzene rings is 2. The first-order valence-corrected chi connectivity index (χ1v) is 13.3. The number of hydrogen-bond acceptors (Lipinski definition) is 5. The van der Waals surface area contributed by atoms with Crippen LogP contribution < -0.4 is 11.1 Å². The van der Waals surface area contributed by atoms with Crippen molar-refractivity contribution < 1.29 is 29.3 Å². The zero-order valence-corrected chi connectivity index (χ0v) is 22.5. The van der Waals surface area contributed by atoms with Gasteiger partial charge in [-0.05, 0) is 71.7 Å². The molecule has 4 rings (SSSR count). The van der Waals surface area contributed by atoms with Crippen molar-refractivity contribution in [3.63, 3.8) is 0 Å². The van der Waals surface area contributed by atoms with Crippen molar-refractivity contribution in [1.29, 1.82) is 0 Å². The molecule has 6 N–H and O–H groups in total. The average Bonchev–Trinajstić information content (AvgIpc) is 3.05. The van der Waals surface area contributed by atoms with E-state index in [9.17, 15) is 24.2 Å². The highest BCUT2D eigenvalue weighted by Crippen LogP contribution is 2.42. The maximum Gasteiger partial charge on any atom is 0.316 e. The topological polar surface area (TPSA) is 146 Å².